The molecular weight excluding hydrogens is 1240 g/mol. The standard InChI is InChI=1S/C60H84N10O22S/c1-32-30-70-50(51(32)77)58(84)62-29-38(72)26-41(63-54(80)34-9-12-36(13-10-34)67-19-21-68(22-20-67)37-14-16-40(17-15-37)89-24-8-6-4-5-7-23-88-3)55(81)64-47(33(2)71)59(85)69-31-39(73)27-42(69)56(82)66-49(57(83)65-48(60(70)86)44(75)28-46(61)76)53(79)52(78)35-11-18-43(74)45(25-35)90-93-92-91-87/h9-18,25,32-33,38-39,41-42,44,47-53,71-75,77-79,87H,4-8,19-24,26-31H2,1-3H3,(H2,61,76)(H,62,84)(H,63,80)(H,64,81)(H,65,83)(H,66,82). The van der Waals surface area contributed by atoms with E-state index in [-0.39, 0.29) is 23.5 Å². The van der Waals surface area contributed by atoms with Crippen LogP contribution in [0.1, 0.15) is 87.2 Å². The third kappa shape index (κ3) is 19.5. The van der Waals surface area contributed by atoms with Crippen LogP contribution in [0.5, 0.6) is 17.2 Å². The number of piperazine rings is 1. The van der Waals surface area contributed by atoms with Gasteiger partial charge in [0.2, 0.25) is 41.4 Å². The Morgan fingerprint density at radius 3 is 1.95 bits per heavy atom. The molecule has 14 unspecified atom stereocenters. The predicted octanol–water partition coefficient (Wildman–Crippen LogP) is -2.63. The van der Waals surface area contributed by atoms with E-state index in [2.05, 4.69) is 45.8 Å². The average Bonchev–Trinajstić information content (AvgIpc) is 1.78. The molecule has 0 spiro atoms. The minimum Gasteiger partial charge on any atom is -0.504 e. The molecule has 512 valence electrons. The number of phenols is 1. The Balaban J connectivity index is 1.13. The Labute approximate surface area is 539 Å². The van der Waals surface area contributed by atoms with Crippen LogP contribution in [0.15, 0.2) is 66.7 Å². The zero-order valence-corrected chi connectivity index (χ0v) is 52.4. The second-order valence-corrected chi connectivity index (χ2v) is 23.9. The SMILES string of the molecule is COCCCCCCCOc1ccc(N2CCN(c3ccc(C(=O)NC4CC(O)CNC(=O)C5C(O)C(C)CN5C(=O)C(C(O)CC(N)=O)NC(=O)C(C(O)C(O)c5ccc(O)c(OSOOO)c5)NC(=O)C5CC(O)CN5C(=O)C(C(C)O)NC4=O)cc3)CC2)cc1. The van der Waals surface area contributed by atoms with E-state index in [9.17, 15) is 79.2 Å². The van der Waals surface area contributed by atoms with Crippen molar-refractivity contribution in [1.82, 2.24) is 36.4 Å². The van der Waals surface area contributed by atoms with E-state index < -0.39 is 183 Å². The van der Waals surface area contributed by atoms with Gasteiger partial charge < -0.3 is 106 Å². The molecule has 4 fully saturated rings. The number of aliphatic hydroxyl groups excluding tert-OH is 7. The molecule has 0 aromatic heterocycles. The van der Waals surface area contributed by atoms with E-state index >= 15 is 0 Å². The van der Waals surface area contributed by atoms with Crippen LogP contribution in [0, 0.1) is 5.92 Å². The number of nitrogens with two attached hydrogens (primary N) is 1. The molecule has 93 heavy (non-hydrogen) atoms. The molecule has 0 bridgehead atoms. The number of unbranched alkanes of at least 4 members (excludes halogenated alkanes) is 4. The van der Waals surface area contributed by atoms with Crippen LogP contribution in [0.2, 0.25) is 0 Å². The summed E-state index contributed by atoms with van der Waals surface area (Å²) in [5.74, 6) is -11.0. The van der Waals surface area contributed by atoms with Crippen molar-refractivity contribution in [3.05, 3.63) is 77.9 Å². The van der Waals surface area contributed by atoms with Crippen molar-refractivity contribution in [3.63, 3.8) is 0 Å². The first kappa shape index (κ1) is 72.8. The Morgan fingerprint density at radius 1 is 0.720 bits per heavy atom. The van der Waals surface area contributed by atoms with E-state index in [0.29, 0.717) is 32.8 Å². The summed E-state index contributed by atoms with van der Waals surface area (Å²) in [4.78, 5) is 120. The number of amides is 8. The number of aromatic hydroxyl groups is 1. The second kappa shape index (κ2) is 34.5. The van der Waals surface area contributed by atoms with Crippen LogP contribution < -0.4 is 51.0 Å². The number of methoxy groups -OCH3 is 1. The summed E-state index contributed by atoms with van der Waals surface area (Å²) in [5.41, 5.74) is 6.94. The molecule has 33 heteroatoms. The first-order valence-electron chi connectivity index (χ1n) is 30.5. The van der Waals surface area contributed by atoms with Gasteiger partial charge in [-0.05, 0) is 86.0 Å². The number of aliphatic hydroxyl groups is 7. The predicted molar refractivity (Wildman–Crippen MR) is 329 cm³/mol. The Hall–Kier alpha value is -7.67. The summed E-state index contributed by atoms with van der Waals surface area (Å²) in [6, 6.07) is 5.18. The number of β-amino-alcohol motifs (C(OH)–C–C–N with tert-alkyl or cyclic N) is 1. The van der Waals surface area contributed by atoms with Crippen molar-refractivity contribution in [1.29, 1.82) is 0 Å². The molecule has 8 amide bonds. The van der Waals surface area contributed by atoms with Crippen LogP contribution in [0.3, 0.4) is 0 Å². The molecule has 32 nitrogen and oxygen atoms in total. The second-order valence-electron chi connectivity index (χ2n) is 23.5. The fourth-order valence-electron chi connectivity index (χ4n) is 11.5. The van der Waals surface area contributed by atoms with Crippen molar-refractivity contribution in [2.24, 2.45) is 11.7 Å². The van der Waals surface area contributed by atoms with E-state index in [1.165, 1.54) is 19.1 Å². The fourth-order valence-corrected chi connectivity index (χ4v) is 11.8. The monoisotopic (exact) mass is 1330 g/mol. The molecule has 0 saturated carbocycles. The number of primary amides is 1. The van der Waals surface area contributed by atoms with Crippen molar-refractivity contribution >= 4 is 71.0 Å². The van der Waals surface area contributed by atoms with Gasteiger partial charge in [-0.25, -0.2) is 5.26 Å². The lowest BCUT2D eigenvalue weighted by Crippen LogP contribution is -2.64. The Morgan fingerprint density at radius 2 is 1.32 bits per heavy atom. The molecule has 4 aliphatic heterocycles. The maximum absolute atomic E-state index is 14.7. The van der Waals surface area contributed by atoms with Crippen LogP contribution in [-0.2, 0) is 47.7 Å². The van der Waals surface area contributed by atoms with Gasteiger partial charge >= 0.3 is 0 Å². The molecule has 3 aromatic rings. The van der Waals surface area contributed by atoms with E-state index in [0.717, 1.165) is 90.8 Å². The highest BCUT2D eigenvalue weighted by Crippen LogP contribution is 2.34. The van der Waals surface area contributed by atoms with Gasteiger partial charge in [0.15, 0.2) is 11.5 Å². The average molecular weight is 1330 g/mol. The van der Waals surface area contributed by atoms with Crippen molar-refractivity contribution in [2.75, 3.05) is 75.9 Å². The fraction of sp³-hybridized carbons (Fsp3) is 0.567. The number of hydrogen-bond donors (Lipinski definition) is 15. The van der Waals surface area contributed by atoms with Crippen LogP contribution in [-0.4, -0.2) is 242 Å². The Kier molecular flexibility index (Phi) is 27.0. The number of nitrogens with one attached hydrogen (secondary N) is 5. The molecule has 4 aliphatic rings. The van der Waals surface area contributed by atoms with Gasteiger partial charge in [0.1, 0.15) is 54.2 Å². The van der Waals surface area contributed by atoms with E-state index in [1.807, 2.05) is 24.3 Å². The minimum absolute atomic E-state index is 0.0195. The summed E-state index contributed by atoms with van der Waals surface area (Å²) in [7, 11) is 1.71. The first-order chi connectivity index (χ1) is 44.4. The number of carbonyl (C=O) groups is 8. The molecular formula is C60H84N10O22S. The minimum atomic E-state index is -2.52. The molecule has 7 rings (SSSR count). The lowest BCUT2D eigenvalue weighted by atomic mass is 9.96. The largest absolute Gasteiger partial charge is 0.504 e. The third-order valence-corrected chi connectivity index (χ3v) is 17.0. The molecule has 0 radical (unpaired) electrons. The molecule has 4 saturated heterocycles. The first-order valence-corrected chi connectivity index (χ1v) is 31.2. The van der Waals surface area contributed by atoms with Gasteiger partial charge in [-0.15, -0.1) is 0 Å². The van der Waals surface area contributed by atoms with Gasteiger partial charge in [0.05, 0.1) is 43.5 Å². The van der Waals surface area contributed by atoms with Gasteiger partial charge in [0, 0.05) is 95.2 Å². The summed E-state index contributed by atoms with van der Waals surface area (Å²) in [6.07, 6.45) is -10.7. The molecule has 0 aliphatic carbocycles. The van der Waals surface area contributed by atoms with Crippen molar-refractivity contribution in [2.45, 2.75) is 144 Å². The summed E-state index contributed by atoms with van der Waals surface area (Å²) < 4.78 is 20.3. The number of benzene rings is 3. The van der Waals surface area contributed by atoms with Gasteiger partial charge in [-0.2, -0.15) is 0 Å². The highest BCUT2D eigenvalue weighted by Gasteiger charge is 2.50. The van der Waals surface area contributed by atoms with Crippen LogP contribution in [0.4, 0.5) is 11.4 Å². The van der Waals surface area contributed by atoms with Crippen LogP contribution in [0.25, 0.3) is 0 Å². The van der Waals surface area contributed by atoms with E-state index in [4.69, 9.17) is 24.6 Å². The quantitative estimate of drug-likeness (QED) is 0.0189. The van der Waals surface area contributed by atoms with Crippen molar-refractivity contribution < 1.29 is 107 Å². The third-order valence-electron chi connectivity index (χ3n) is 16.7. The number of fused-ring (bicyclic) bond motifs is 2. The zero-order chi connectivity index (χ0) is 67.6. The highest BCUT2D eigenvalue weighted by atomic mass is 32.2. The van der Waals surface area contributed by atoms with Crippen molar-refractivity contribution in [3.8, 4) is 17.2 Å². The maximum Gasteiger partial charge on any atom is 0.261 e. The summed E-state index contributed by atoms with van der Waals surface area (Å²) in [6.45, 7) is 4.79. The maximum atomic E-state index is 14.7. The van der Waals surface area contributed by atoms with Crippen LogP contribution >= 0.6 is 12.3 Å². The zero-order valence-electron chi connectivity index (χ0n) is 51.6. The normalized spacial score (nSPS) is 25.9. The van der Waals surface area contributed by atoms with Gasteiger partial charge in [0.25, 0.3) is 18.2 Å². The number of rotatable bonds is 24. The van der Waals surface area contributed by atoms with E-state index in [1.54, 1.807) is 19.2 Å². The van der Waals surface area contributed by atoms with Gasteiger partial charge in [-0.3, -0.25) is 38.4 Å². The summed E-state index contributed by atoms with van der Waals surface area (Å²) in [5, 5.41) is 114. The number of carbonyl (C=O) groups excluding carboxylic acids is 8. The number of nitrogens with zero attached hydrogens (tertiary/aromatic N) is 4. The molecule has 14 atom stereocenters. The highest BCUT2D eigenvalue weighted by molar-refractivity contribution is 7.90. The summed E-state index contributed by atoms with van der Waals surface area (Å²) >= 11 is -0.0195. The lowest BCUT2D eigenvalue weighted by molar-refractivity contribution is -0.433. The molecule has 4 heterocycles. The number of hydrogen-bond acceptors (Lipinski definition) is 25. The topological polar surface area (TPSA) is 464 Å². The molecule has 3 aromatic carbocycles. The number of ether oxygens (including phenoxy) is 2. The number of phenolic OH excluding ortho intramolecular Hbond substituents is 1. The molecule has 16 N–H and O–H groups in total. The number of anilines is 2. The lowest BCUT2D eigenvalue weighted by Gasteiger charge is -2.37. The Bertz CT molecular complexity index is 3020. The smallest absolute Gasteiger partial charge is 0.261 e. The van der Waals surface area contributed by atoms with Gasteiger partial charge in [-0.1, -0.05) is 41.6 Å².